The van der Waals surface area contributed by atoms with Crippen LogP contribution in [0.2, 0.25) is 0 Å². The highest BCUT2D eigenvalue weighted by Crippen LogP contribution is 2.26. The summed E-state index contributed by atoms with van der Waals surface area (Å²) < 4.78 is 0. The first-order valence-corrected chi connectivity index (χ1v) is 8.74. The zero-order valence-electron chi connectivity index (χ0n) is 13.2. The van der Waals surface area contributed by atoms with Crippen LogP contribution in [0.5, 0.6) is 0 Å². The third-order valence-corrected chi connectivity index (χ3v) is 4.95. The summed E-state index contributed by atoms with van der Waals surface area (Å²) in [6.07, 6.45) is 0.845. The maximum absolute atomic E-state index is 11.0. The van der Waals surface area contributed by atoms with Gasteiger partial charge in [0, 0.05) is 31.7 Å². The van der Waals surface area contributed by atoms with Crippen LogP contribution in [0.15, 0.2) is 41.4 Å². The molecule has 1 aromatic heterocycles. The number of nitrogens with zero attached hydrogens (tertiary/aromatic N) is 3. The number of hydrogen-bond donors (Lipinski definition) is 1. The van der Waals surface area contributed by atoms with Gasteiger partial charge in [0.1, 0.15) is 11.1 Å². The molecule has 0 bridgehead atoms. The lowest BCUT2D eigenvalue weighted by molar-refractivity contribution is -0.115. The van der Waals surface area contributed by atoms with Gasteiger partial charge < -0.3 is 5.73 Å². The van der Waals surface area contributed by atoms with Crippen LogP contribution in [-0.2, 0) is 24.3 Å². The van der Waals surface area contributed by atoms with E-state index in [2.05, 4.69) is 28.1 Å². The van der Waals surface area contributed by atoms with Crippen molar-refractivity contribution in [1.82, 2.24) is 9.88 Å². The minimum atomic E-state index is -0.405. The fraction of sp³-hybridized carbons (Fsp3) is 0.278. The predicted octanol–water partition coefficient (Wildman–Crippen LogP) is 2.09. The maximum atomic E-state index is 11.0. The van der Waals surface area contributed by atoms with Crippen molar-refractivity contribution < 1.29 is 4.79 Å². The van der Waals surface area contributed by atoms with Gasteiger partial charge >= 0.3 is 0 Å². The molecule has 1 amide bonds. The molecular formula is C18H18N4OS. The number of benzene rings is 1. The zero-order chi connectivity index (χ0) is 16.9. The number of aromatic nitrogens is 1. The smallest absolute Gasteiger partial charge is 0.227 e. The van der Waals surface area contributed by atoms with Crippen LogP contribution in [-0.4, -0.2) is 28.1 Å². The molecular weight excluding hydrogens is 320 g/mol. The first-order valence-electron chi connectivity index (χ1n) is 7.76. The van der Waals surface area contributed by atoms with Crippen LogP contribution < -0.4 is 5.73 Å². The number of amides is 1. The third-order valence-electron chi connectivity index (χ3n) is 3.94. The van der Waals surface area contributed by atoms with Crippen molar-refractivity contribution >= 4 is 17.7 Å². The second-order valence-electron chi connectivity index (χ2n) is 5.76. The Morgan fingerprint density at radius 1 is 1.38 bits per heavy atom. The Kier molecular flexibility index (Phi) is 5.14. The van der Waals surface area contributed by atoms with Crippen molar-refractivity contribution in [2.75, 3.05) is 12.3 Å². The summed E-state index contributed by atoms with van der Waals surface area (Å²) in [4.78, 5) is 17.9. The highest BCUT2D eigenvalue weighted by molar-refractivity contribution is 7.99. The molecule has 2 aromatic rings. The van der Waals surface area contributed by atoms with Crippen molar-refractivity contribution in [3.63, 3.8) is 0 Å². The van der Waals surface area contributed by atoms with Gasteiger partial charge in [-0.25, -0.2) is 4.98 Å². The number of carbonyl (C=O) groups is 1. The third kappa shape index (κ3) is 3.94. The number of pyridine rings is 1. The number of fused-ring (bicyclic) bond motifs is 1. The molecule has 5 nitrogen and oxygen atoms in total. The normalized spacial score (nSPS) is 14.0. The summed E-state index contributed by atoms with van der Waals surface area (Å²) in [5, 5.41) is 9.96. The van der Waals surface area contributed by atoms with E-state index < -0.39 is 5.91 Å². The Bertz CT molecular complexity index is 786. The Balaban J connectivity index is 1.77. The number of carbonyl (C=O) groups excluding carboxylic acids is 1. The molecule has 0 saturated carbocycles. The van der Waals surface area contributed by atoms with E-state index in [0.717, 1.165) is 37.3 Å². The molecule has 0 spiro atoms. The molecule has 2 heterocycles. The van der Waals surface area contributed by atoms with Gasteiger partial charge in [0.15, 0.2) is 0 Å². The molecule has 122 valence electrons. The summed E-state index contributed by atoms with van der Waals surface area (Å²) in [5.74, 6) is -0.266. The molecule has 3 rings (SSSR count). The lowest BCUT2D eigenvalue weighted by Crippen LogP contribution is -2.31. The Morgan fingerprint density at radius 3 is 2.88 bits per heavy atom. The molecule has 0 unspecified atom stereocenters. The Labute approximate surface area is 145 Å². The van der Waals surface area contributed by atoms with E-state index >= 15 is 0 Å². The van der Waals surface area contributed by atoms with Crippen LogP contribution in [0.1, 0.15) is 22.4 Å². The summed E-state index contributed by atoms with van der Waals surface area (Å²) in [7, 11) is 0. The van der Waals surface area contributed by atoms with Gasteiger partial charge in [0.2, 0.25) is 5.91 Å². The fourth-order valence-corrected chi connectivity index (χ4v) is 3.53. The number of hydrogen-bond acceptors (Lipinski definition) is 5. The molecule has 2 N–H and O–H groups in total. The summed E-state index contributed by atoms with van der Waals surface area (Å²) in [6, 6.07) is 14.4. The summed E-state index contributed by atoms with van der Waals surface area (Å²) in [6.45, 7) is 2.60. The minimum Gasteiger partial charge on any atom is -0.369 e. The Hall–Kier alpha value is -2.36. The fourth-order valence-electron chi connectivity index (χ4n) is 2.82. The topological polar surface area (TPSA) is 83.0 Å². The van der Waals surface area contributed by atoms with Gasteiger partial charge in [0.25, 0.3) is 0 Å². The van der Waals surface area contributed by atoms with E-state index in [0.29, 0.717) is 10.6 Å². The first-order chi connectivity index (χ1) is 11.7. The molecule has 0 aliphatic carbocycles. The standard InChI is InChI=1S/C18H18N4OS/c19-9-14-8-15-11-22(10-13-4-2-1-3-5-13)7-6-16(15)21-18(14)24-12-17(20)23/h1-5,8H,6-7,10-12H2,(H2,20,23). The lowest BCUT2D eigenvalue weighted by Gasteiger charge is -2.28. The average Bonchev–Trinajstić information content (AvgIpc) is 2.60. The number of primary amides is 1. The van der Waals surface area contributed by atoms with E-state index in [-0.39, 0.29) is 5.75 Å². The predicted molar refractivity (Wildman–Crippen MR) is 93.1 cm³/mol. The van der Waals surface area contributed by atoms with Gasteiger partial charge in [0.05, 0.1) is 11.3 Å². The molecule has 0 saturated heterocycles. The van der Waals surface area contributed by atoms with Gasteiger partial charge in [-0.1, -0.05) is 42.1 Å². The highest BCUT2D eigenvalue weighted by atomic mass is 32.2. The molecule has 0 atom stereocenters. The number of nitriles is 1. The maximum Gasteiger partial charge on any atom is 0.227 e. The van der Waals surface area contributed by atoms with E-state index in [1.165, 1.54) is 17.3 Å². The van der Waals surface area contributed by atoms with Crippen LogP contribution in [0.25, 0.3) is 0 Å². The summed E-state index contributed by atoms with van der Waals surface area (Å²) in [5.41, 5.74) is 9.09. The second-order valence-corrected chi connectivity index (χ2v) is 6.72. The van der Waals surface area contributed by atoms with Crippen LogP contribution in [0, 0.1) is 11.3 Å². The molecule has 24 heavy (non-hydrogen) atoms. The van der Waals surface area contributed by atoms with E-state index in [9.17, 15) is 10.1 Å². The minimum absolute atomic E-state index is 0.139. The molecule has 1 aliphatic heterocycles. The van der Waals surface area contributed by atoms with Crippen molar-refractivity contribution in [3.05, 3.63) is 58.8 Å². The van der Waals surface area contributed by atoms with Gasteiger partial charge in [-0.05, 0) is 17.2 Å². The van der Waals surface area contributed by atoms with Crippen LogP contribution in [0.3, 0.4) is 0 Å². The average molecular weight is 338 g/mol. The number of thioether (sulfide) groups is 1. The quantitative estimate of drug-likeness (QED) is 0.844. The van der Waals surface area contributed by atoms with Crippen molar-refractivity contribution in [3.8, 4) is 6.07 Å². The van der Waals surface area contributed by atoms with Crippen molar-refractivity contribution in [2.45, 2.75) is 24.5 Å². The Morgan fingerprint density at radius 2 is 2.17 bits per heavy atom. The van der Waals surface area contributed by atoms with Crippen molar-refractivity contribution in [2.24, 2.45) is 5.73 Å². The molecule has 1 aliphatic rings. The molecule has 0 radical (unpaired) electrons. The molecule has 6 heteroatoms. The monoisotopic (exact) mass is 338 g/mol. The molecule has 1 aromatic carbocycles. The molecule has 0 fully saturated rings. The van der Waals surface area contributed by atoms with Crippen LogP contribution >= 0.6 is 11.8 Å². The largest absolute Gasteiger partial charge is 0.369 e. The van der Waals surface area contributed by atoms with E-state index in [4.69, 9.17) is 5.73 Å². The zero-order valence-corrected chi connectivity index (χ0v) is 14.1. The SMILES string of the molecule is N#Cc1cc2c(nc1SCC(N)=O)CCN(Cc1ccccc1)C2. The van der Waals surface area contributed by atoms with Gasteiger partial charge in [-0.15, -0.1) is 0 Å². The second kappa shape index (κ2) is 7.47. The lowest BCUT2D eigenvalue weighted by atomic mass is 10.0. The van der Waals surface area contributed by atoms with Crippen LogP contribution in [0.4, 0.5) is 0 Å². The van der Waals surface area contributed by atoms with E-state index in [1.807, 2.05) is 24.3 Å². The number of nitrogens with two attached hydrogens (primary N) is 1. The number of rotatable bonds is 5. The first kappa shape index (κ1) is 16.5. The van der Waals surface area contributed by atoms with Crippen molar-refractivity contribution in [1.29, 1.82) is 5.26 Å². The van der Waals surface area contributed by atoms with E-state index in [1.54, 1.807) is 0 Å². The van der Waals surface area contributed by atoms with Gasteiger partial charge in [-0.3, -0.25) is 9.69 Å². The van der Waals surface area contributed by atoms with Gasteiger partial charge in [-0.2, -0.15) is 5.26 Å². The summed E-state index contributed by atoms with van der Waals surface area (Å²) >= 11 is 1.23. The highest BCUT2D eigenvalue weighted by Gasteiger charge is 2.20.